The number of hydrogen-bond donors (Lipinski definition) is 0. The Morgan fingerprint density at radius 2 is 1.22 bits per heavy atom. The van der Waals surface area contributed by atoms with Gasteiger partial charge in [-0.2, -0.15) is 0 Å². The molecule has 0 unspecified atom stereocenters. The molecule has 5 nitrogen and oxygen atoms in total. The van der Waals surface area contributed by atoms with Crippen molar-refractivity contribution in [3.63, 3.8) is 0 Å². The van der Waals surface area contributed by atoms with Crippen molar-refractivity contribution in [1.82, 2.24) is 9.55 Å². The first-order valence-electron chi connectivity index (χ1n) is 19.0. The SMILES string of the molecule is CC(C)(C)C1=CN(c2cccc(C(C)(C)C)c2)CN1c1cccc(Oc2ccc3c4ccccc4n(-c4cc(C(C)(C)c5ccccc5)ccn4)c3c2)c1. The largest absolute Gasteiger partial charge is 0.457 e. The molecule has 8 rings (SSSR count). The van der Waals surface area contributed by atoms with Crippen molar-refractivity contribution in [2.24, 2.45) is 5.41 Å². The van der Waals surface area contributed by atoms with E-state index in [1.54, 1.807) is 0 Å². The van der Waals surface area contributed by atoms with E-state index in [2.05, 4.69) is 203 Å². The lowest BCUT2D eigenvalue weighted by Gasteiger charge is -2.31. The molecule has 0 aliphatic carbocycles. The molecule has 0 bridgehead atoms. The summed E-state index contributed by atoms with van der Waals surface area (Å²) in [7, 11) is 0. The molecule has 0 atom stereocenters. The highest BCUT2D eigenvalue weighted by Crippen LogP contribution is 2.41. The number of hydrogen-bond acceptors (Lipinski definition) is 4. The molecule has 7 aromatic rings. The second-order valence-electron chi connectivity index (χ2n) is 17.1. The second-order valence-corrected chi connectivity index (χ2v) is 17.1. The molecule has 54 heavy (non-hydrogen) atoms. The van der Waals surface area contributed by atoms with E-state index in [0.29, 0.717) is 0 Å². The Hall–Kier alpha value is -5.81. The predicted molar refractivity (Wildman–Crippen MR) is 226 cm³/mol. The third kappa shape index (κ3) is 6.53. The Morgan fingerprint density at radius 3 is 2.00 bits per heavy atom. The zero-order chi connectivity index (χ0) is 37.8. The number of ether oxygens (including phenoxy) is 1. The summed E-state index contributed by atoms with van der Waals surface area (Å²) in [5.41, 5.74) is 9.35. The van der Waals surface area contributed by atoms with Gasteiger partial charge in [-0.1, -0.05) is 122 Å². The summed E-state index contributed by atoms with van der Waals surface area (Å²) in [6, 6.07) is 47.4. The highest BCUT2D eigenvalue weighted by Gasteiger charge is 2.32. The first-order valence-corrected chi connectivity index (χ1v) is 19.0. The fourth-order valence-electron chi connectivity index (χ4n) is 7.68. The zero-order valence-corrected chi connectivity index (χ0v) is 32.8. The minimum absolute atomic E-state index is 0.0622. The van der Waals surface area contributed by atoms with Gasteiger partial charge in [0, 0.05) is 63.2 Å². The number of fused-ring (bicyclic) bond motifs is 3. The molecule has 3 heterocycles. The summed E-state index contributed by atoms with van der Waals surface area (Å²) in [4.78, 5) is 9.71. The quantitative estimate of drug-likeness (QED) is 0.165. The second kappa shape index (κ2) is 13.2. The lowest BCUT2D eigenvalue weighted by molar-refractivity contribution is 0.481. The zero-order valence-electron chi connectivity index (χ0n) is 32.8. The molecule has 1 aliphatic heterocycles. The standard InChI is InChI=1S/C49H50N4O/c1-47(2,3)35-18-14-19-37(28-35)51-32-45(48(4,5)6)52(33-51)38-20-15-21-39(30-38)54-40-24-25-42-41-22-12-13-23-43(41)53(44(42)31-40)46-29-36(26-27-50-46)49(7,8)34-16-10-9-11-17-34/h9-32H,33H2,1-8H3. The molecular weight excluding hydrogens is 661 g/mol. The fraction of sp³-hybridized carbons (Fsp3) is 0.245. The molecule has 0 fully saturated rings. The van der Waals surface area contributed by atoms with Gasteiger partial charge in [0.15, 0.2) is 0 Å². The molecule has 0 radical (unpaired) electrons. The van der Waals surface area contributed by atoms with Gasteiger partial charge < -0.3 is 14.5 Å². The molecule has 0 saturated heterocycles. The van der Waals surface area contributed by atoms with E-state index in [4.69, 9.17) is 9.72 Å². The van der Waals surface area contributed by atoms with E-state index in [0.717, 1.165) is 46.1 Å². The van der Waals surface area contributed by atoms with Crippen LogP contribution < -0.4 is 14.5 Å². The highest BCUT2D eigenvalue weighted by atomic mass is 16.5. The maximum Gasteiger partial charge on any atom is 0.137 e. The van der Waals surface area contributed by atoms with Crippen LogP contribution in [0.1, 0.15) is 72.1 Å². The Balaban J connectivity index is 1.14. The van der Waals surface area contributed by atoms with Crippen LogP contribution in [0.2, 0.25) is 0 Å². The van der Waals surface area contributed by atoms with Crippen molar-refractivity contribution in [3.8, 4) is 17.3 Å². The molecular formula is C49H50N4O. The van der Waals surface area contributed by atoms with E-state index in [1.807, 2.05) is 12.3 Å². The maximum absolute atomic E-state index is 6.70. The lowest BCUT2D eigenvalue weighted by Crippen LogP contribution is -2.30. The van der Waals surface area contributed by atoms with Gasteiger partial charge in [-0.25, -0.2) is 4.98 Å². The Bertz CT molecular complexity index is 2510. The number of allylic oxidation sites excluding steroid dienone is 1. The van der Waals surface area contributed by atoms with Crippen molar-refractivity contribution in [2.45, 2.75) is 66.2 Å². The fourth-order valence-corrected chi connectivity index (χ4v) is 7.68. The van der Waals surface area contributed by atoms with Gasteiger partial charge in [0.05, 0.1) is 17.7 Å². The number of para-hydroxylation sites is 1. The molecule has 0 amide bonds. The van der Waals surface area contributed by atoms with E-state index in [1.165, 1.54) is 33.5 Å². The van der Waals surface area contributed by atoms with Crippen LogP contribution in [0.25, 0.3) is 27.6 Å². The van der Waals surface area contributed by atoms with Crippen molar-refractivity contribution in [3.05, 3.63) is 168 Å². The first kappa shape index (κ1) is 35.2. The van der Waals surface area contributed by atoms with Crippen molar-refractivity contribution < 1.29 is 4.74 Å². The van der Waals surface area contributed by atoms with Crippen LogP contribution in [0.3, 0.4) is 0 Å². The number of benzene rings is 5. The van der Waals surface area contributed by atoms with Crippen LogP contribution in [-0.4, -0.2) is 16.2 Å². The van der Waals surface area contributed by atoms with Crippen LogP contribution in [0.15, 0.2) is 152 Å². The molecule has 0 spiro atoms. The lowest BCUT2D eigenvalue weighted by atomic mass is 9.78. The highest BCUT2D eigenvalue weighted by molar-refractivity contribution is 6.09. The van der Waals surface area contributed by atoms with Crippen molar-refractivity contribution in [2.75, 3.05) is 16.5 Å². The molecule has 0 saturated carbocycles. The van der Waals surface area contributed by atoms with Gasteiger partial charge in [-0.15, -0.1) is 0 Å². The monoisotopic (exact) mass is 710 g/mol. The third-order valence-corrected chi connectivity index (χ3v) is 10.9. The topological polar surface area (TPSA) is 33.5 Å². The number of pyridine rings is 1. The Kier molecular flexibility index (Phi) is 8.64. The molecule has 272 valence electrons. The number of nitrogens with zero attached hydrogens (tertiary/aromatic N) is 4. The Labute approximate surface area is 320 Å². The third-order valence-electron chi connectivity index (χ3n) is 10.9. The smallest absolute Gasteiger partial charge is 0.137 e. The maximum atomic E-state index is 6.70. The summed E-state index contributed by atoms with van der Waals surface area (Å²) in [6.45, 7) is 18.9. The summed E-state index contributed by atoms with van der Waals surface area (Å²) in [5, 5.41) is 2.34. The van der Waals surface area contributed by atoms with Crippen molar-refractivity contribution in [1.29, 1.82) is 0 Å². The molecule has 2 aromatic heterocycles. The van der Waals surface area contributed by atoms with Crippen LogP contribution in [0, 0.1) is 5.41 Å². The number of anilines is 2. The number of rotatable bonds is 7. The molecule has 5 aromatic carbocycles. The molecule has 1 aliphatic rings. The number of aromatic nitrogens is 2. The van der Waals surface area contributed by atoms with E-state index in [-0.39, 0.29) is 16.2 Å². The summed E-state index contributed by atoms with van der Waals surface area (Å²) in [6.07, 6.45) is 4.24. The summed E-state index contributed by atoms with van der Waals surface area (Å²) >= 11 is 0. The van der Waals surface area contributed by atoms with Gasteiger partial charge in [-0.05, 0) is 76.7 Å². The van der Waals surface area contributed by atoms with Crippen LogP contribution in [0.5, 0.6) is 11.5 Å². The van der Waals surface area contributed by atoms with Gasteiger partial charge in [0.25, 0.3) is 0 Å². The molecule has 0 N–H and O–H groups in total. The molecule has 5 heteroatoms. The van der Waals surface area contributed by atoms with E-state index >= 15 is 0 Å². The van der Waals surface area contributed by atoms with E-state index in [9.17, 15) is 0 Å². The van der Waals surface area contributed by atoms with Crippen LogP contribution in [0.4, 0.5) is 11.4 Å². The average Bonchev–Trinajstić information content (AvgIpc) is 3.76. The first-order chi connectivity index (χ1) is 25.8. The predicted octanol–water partition coefficient (Wildman–Crippen LogP) is 12.8. The Morgan fingerprint density at radius 1 is 0.537 bits per heavy atom. The summed E-state index contributed by atoms with van der Waals surface area (Å²) in [5.74, 6) is 2.45. The van der Waals surface area contributed by atoms with Gasteiger partial charge in [0.1, 0.15) is 17.3 Å². The van der Waals surface area contributed by atoms with Crippen LogP contribution >= 0.6 is 0 Å². The van der Waals surface area contributed by atoms with Gasteiger partial charge >= 0.3 is 0 Å². The van der Waals surface area contributed by atoms with Crippen molar-refractivity contribution >= 4 is 33.2 Å². The van der Waals surface area contributed by atoms with E-state index < -0.39 is 0 Å². The minimum Gasteiger partial charge on any atom is -0.457 e. The van der Waals surface area contributed by atoms with Gasteiger partial charge in [0.2, 0.25) is 0 Å². The van der Waals surface area contributed by atoms with Gasteiger partial charge in [-0.3, -0.25) is 4.57 Å². The van der Waals surface area contributed by atoms with Crippen LogP contribution in [-0.2, 0) is 10.8 Å². The average molecular weight is 711 g/mol. The minimum atomic E-state index is -0.193. The normalized spacial score (nSPS) is 13.9. The summed E-state index contributed by atoms with van der Waals surface area (Å²) < 4.78 is 8.97.